The lowest BCUT2D eigenvalue weighted by molar-refractivity contribution is -0.139. The van der Waals surface area contributed by atoms with Crippen LogP contribution < -0.4 is 10.2 Å². The maximum Gasteiger partial charge on any atom is 0.251 e. The number of benzene rings is 4. The molecule has 1 saturated heterocycles. The number of amides is 2. The number of nitrogens with zero attached hydrogens (tertiary/aromatic N) is 2. The third kappa shape index (κ3) is 6.93. The van der Waals surface area contributed by atoms with E-state index >= 15 is 0 Å². The van der Waals surface area contributed by atoms with E-state index in [2.05, 4.69) is 10.2 Å². The van der Waals surface area contributed by atoms with Gasteiger partial charge in [0.15, 0.2) is 0 Å². The summed E-state index contributed by atoms with van der Waals surface area (Å²) >= 11 is 0. The Balaban J connectivity index is 1.45. The number of morpholine rings is 1. The summed E-state index contributed by atoms with van der Waals surface area (Å²) in [5.74, 6) is -0.989. The van der Waals surface area contributed by atoms with Crippen LogP contribution in [0, 0.1) is 5.82 Å². The van der Waals surface area contributed by atoms with Crippen molar-refractivity contribution >= 4 is 23.2 Å². The Kier molecular flexibility index (Phi) is 8.83. The normalized spacial score (nSPS) is 13.9. The highest BCUT2D eigenvalue weighted by Crippen LogP contribution is 2.27. The minimum atomic E-state index is -0.976. The van der Waals surface area contributed by atoms with E-state index in [1.165, 1.54) is 12.1 Å². The molecule has 1 aliphatic rings. The zero-order chi connectivity index (χ0) is 27.7. The SMILES string of the molecule is O=C(Nc1ccc(N2CCOCC2)cc1)[C@H](c1ccc(F)cc1)N(Cc1ccccc1)C(=O)Cc1ccccc1. The molecule has 0 spiro atoms. The van der Waals surface area contributed by atoms with Crippen molar-refractivity contribution in [3.8, 4) is 0 Å². The van der Waals surface area contributed by atoms with Crippen molar-refractivity contribution in [2.24, 2.45) is 0 Å². The Labute approximate surface area is 234 Å². The molecule has 0 aliphatic carbocycles. The van der Waals surface area contributed by atoms with Gasteiger partial charge < -0.3 is 19.9 Å². The molecule has 0 unspecified atom stereocenters. The predicted octanol–water partition coefficient (Wildman–Crippen LogP) is 5.61. The maximum atomic E-state index is 13.9. The summed E-state index contributed by atoms with van der Waals surface area (Å²) in [5, 5.41) is 3.00. The van der Waals surface area contributed by atoms with Gasteiger partial charge in [-0.3, -0.25) is 9.59 Å². The third-order valence-corrected chi connectivity index (χ3v) is 6.97. The fourth-order valence-electron chi connectivity index (χ4n) is 4.88. The minimum absolute atomic E-state index is 0.132. The number of anilines is 2. The largest absolute Gasteiger partial charge is 0.378 e. The van der Waals surface area contributed by atoms with Crippen molar-refractivity contribution in [1.82, 2.24) is 4.90 Å². The summed E-state index contributed by atoms with van der Waals surface area (Å²) < 4.78 is 19.3. The highest BCUT2D eigenvalue weighted by molar-refractivity contribution is 5.98. The molecule has 0 saturated carbocycles. The standard InChI is InChI=1S/C33H32FN3O3/c34-28-13-11-27(12-14-28)32(33(39)35-29-15-17-30(18-16-29)36-19-21-40-22-20-36)37(24-26-9-5-2-6-10-26)31(38)23-25-7-3-1-4-8-25/h1-18,32H,19-24H2,(H,35,39)/t32-/m0/s1. The number of carbonyl (C=O) groups is 2. The van der Waals surface area contributed by atoms with E-state index in [4.69, 9.17) is 4.74 Å². The Morgan fingerprint density at radius 1 is 0.800 bits per heavy atom. The lowest BCUT2D eigenvalue weighted by Gasteiger charge is -2.32. The molecule has 1 fully saturated rings. The number of carbonyl (C=O) groups excluding carboxylic acids is 2. The molecule has 0 bridgehead atoms. The van der Waals surface area contributed by atoms with Crippen LogP contribution >= 0.6 is 0 Å². The second kappa shape index (κ2) is 13.0. The second-order valence-electron chi connectivity index (χ2n) is 9.76. The Morgan fingerprint density at radius 2 is 1.40 bits per heavy atom. The summed E-state index contributed by atoms with van der Waals surface area (Å²) in [7, 11) is 0. The van der Waals surface area contributed by atoms with Crippen LogP contribution in [0.4, 0.5) is 15.8 Å². The average Bonchev–Trinajstić information content (AvgIpc) is 2.99. The molecule has 1 N–H and O–H groups in total. The third-order valence-electron chi connectivity index (χ3n) is 6.97. The van der Waals surface area contributed by atoms with Crippen LogP contribution in [0.3, 0.4) is 0 Å². The van der Waals surface area contributed by atoms with E-state index < -0.39 is 11.9 Å². The summed E-state index contributed by atoms with van der Waals surface area (Å²) in [6.07, 6.45) is 0.132. The first-order chi connectivity index (χ1) is 19.6. The predicted molar refractivity (Wildman–Crippen MR) is 154 cm³/mol. The lowest BCUT2D eigenvalue weighted by Crippen LogP contribution is -2.41. The van der Waals surface area contributed by atoms with Crippen molar-refractivity contribution in [2.45, 2.75) is 19.0 Å². The van der Waals surface area contributed by atoms with Crippen molar-refractivity contribution in [2.75, 3.05) is 36.5 Å². The van der Waals surface area contributed by atoms with Crippen molar-refractivity contribution < 1.29 is 18.7 Å². The van der Waals surface area contributed by atoms with Crippen molar-refractivity contribution in [3.63, 3.8) is 0 Å². The van der Waals surface area contributed by atoms with Gasteiger partial charge in [-0.15, -0.1) is 0 Å². The van der Waals surface area contributed by atoms with Gasteiger partial charge in [-0.2, -0.15) is 0 Å². The van der Waals surface area contributed by atoms with Crippen LogP contribution in [0.2, 0.25) is 0 Å². The zero-order valence-electron chi connectivity index (χ0n) is 22.2. The first-order valence-electron chi connectivity index (χ1n) is 13.4. The molecule has 40 heavy (non-hydrogen) atoms. The molecule has 1 atom stereocenters. The van der Waals surface area contributed by atoms with Gasteiger partial charge in [0.25, 0.3) is 5.91 Å². The van der Waals surface area contributed by atoms with Crippen LogP contribution in [0.5, 0.6) is 0 Å². The highest BCUT2D eigenvalue weighted by Gasteiger charge is 2.32. The summed E-state index contributed by atoms with van der Waals surface area (Å²) in [6.45, 7) is 3.22. The number of nitrogens with one attached hydrogen (secondary N) is 1. The number of ether oxygens (including phenoxy) is 1. The Bertz CT molecular complexity index is 1390. The summed E-state index contributed by atoms with van der Waals surface area (Å²) in [4.78, 5) is 31.6. The average molecular weight is 538 g/mol. The van der Waals surface area contributed by atoms with Crippen molar-refractivity contribution in [1.29, 1.82) is 0 Å². The second-order valence-corrected chi connectivity index (χ2v) is 9.76. The molecule has 4 aromatic carbocycles. The lowest BCUT2D eigenvalue weighted by atomic mass is 10.0. The molecule has 2 amide bonds. The zero-order valence-corrected chi connectivity index (χ0v) is 22.2. The molecule has 1 heterocycles. The molecule has 4 aromatic rings. The fourth-order valence-corrected chi connectivity index (χ4v) is 4.88. The van der Waals surface area contributed by atoms with E-state index in [0.29, 0.717) is 24.5 Å². The van der Waals surface area contributed by atoms with Crippen LogP contribution in [0.15, 0.2) is 109 Å². The summed E-state index contributed by atoms with van der Waals surface area (Å²) in [5.41, 5.74) is 3.94. The molecule has 1 aliphatic heterocycles. The highest BCUT2D eigenvalue weighted by atomic mass is 19.1. The first kappa shape index (κ1) is 27.1. The Hall–Kier alpha value is -4.49. The van der Waals surface area contributed by atoms with E-state index in [1.54, 1.807) is 17.0 Å². The van der Waals surface area contributed by atoms with Gasteiger partial charge in [-0.1, -0.05) is 72.8 Å². The number of halogens is 1. The fraction of sp³-hybridized carbons (Fsp3) is 0.212. The van der Waals surface area contributed by atoms with Gasteiger partial charge >= 0.3 is 0 Å². The van der Waals surface area contributed by atoms with E-state index in [-0.39, 0.29) is 24.8 Å². The molecule has 5 rings (SSSR count). The smallest absolute Gasteiger partial charge is 0.251 e. The molecule has 6 nitrogen and oxygen atoms in total. The van der Waals surface area contributed by atoms with Crippen LogP contribution in [0.25, 0.3) is 0 Å². The van der Waals surface area contributed by atoms with E-state index in [1.807, 2.05) is 84.9 Å². The van der Waals surface area contributed by atoms with Gasteiger partial charge in [0.1, 0.15) is 11.9 Å². The number of hydrogen-bond donors (Lipinski definition) is 1. The van der Waals surface area contributed by atoms with Crippen LogP contribution in [0.1, 0.15) is 22.7 Å². The van der Waals surface area contributed by atoms with Crippen LogP contribution in [-0.2, 0) is 27.3 Å². The molecule has 204 valence electrons. The number of hydrogen-bond acceptors (Lipinski definition) is 4. The molecular weight excluding hydrogens is 505 g/mol. The Morgan fingerprint density at radius 3 is 2.02 bits per heavy atom. The minimum Gasteiger partial charge on any atom is -0.378 e. The van der Waals surface area contributed by atoms with Gasteiger partial charge in [0.2, 0.25) is 5.91 Å². The van der Waals surface area contributed by atoms with Gasteiger partial charge in [0, 0.05) is 31.0 Å². The number of rotatable bonds is 9. The van der Waals surface area contributed by atoms with Gasteiger partial charge in [-0.25, -0.2) is 4.39 Å². The van der Waals surface area contributed by atoms with Gasteiger partial charge in [0.05, 0.1) is 19.6 Å². The quantitative estimate of drug-likeness (QED) is 0.301. The van der Waals surface area contributed by atoms with Crippen molar-refractivity contribution in [3.05, 3.63) is 132 Å². The van der Waals surface area contributed by atoms with E-state index in [9.17, 15) is 14.0 Å². The maximum absolute atomic E-state index is 13.9. The van der Waals surface area contributed by atoms with Gasteiger partial charge in [-0.05, 0) is 53.1 Å². The van der Waals surface area contributed by atoms with E-state index in [0.717, 1.165) is 29.9 Å². The first-order valence-corrected chi connectivity index (χ1v) is 13.4. The summed E-state index contributed by atoms with van der Waals surface area (Å²) in [6, 6.07) is 31.4. The molecule has 0 aromatic heterocycles. The molecule has 7 heteroatoms. The monoisotopic (exact) mass is 537 g/mol. The molecular formula is C33H32FN3O3. The topological polar surface area (TPSA) is 61.9 Å². The van der Waals surface area contributed by atoms with Crippen LogP contribution in [-0.4, -0.2) is 43.0 Å². The molecule has 0 radical (unpaired) electrons.